The van der Waals surface area contributed by atoms with Crippen molar-refractivity contribution < 1.29 is 9.13 Å². The van der Waals surface area contributed by atoms with E-state index in [9.17, 15) is 14.0 Å². The summed E-state index contributed by atoms with van der Waals surface area (Å²) in [6.07, 6.45) is 2.97. The van der Waals surface area contributed by atoms with Crippen LogP contribution in [0.4, 0.5) is 4.39 Å². The predicted octanol–water partition coefficient (Wildman–Crippen LogP) is 2.73. The van der Waals surface area contributed by atoms with Gasteiger partial charge < -0.3 is 9.30 Å². The van der Waals surface area contributed by atoms with Crippen molar-refractivity contribution in [1.82, 2.24) is 18.7 Å². The molecule has 4 rings (SSSR count). The summed E-state index contributed by atoms with van der Waals surface area (Å²) in [4.78, 5) is 30.5. The van der Waals surface area contributed by atoms with Gasteiger partial charge in [0.05, 0.1) is 19.1 Å². The molecule has 0 N–H and O–H groups in total. The lowest BCUT2D eigenvalue weighted by atomic mass is 10.2. The minimum Gasteiger partial charge on any atom is -0.497 e. The zero-order valence-electron chi connectivity index (χ0n) is 16.3. The van der Waals surface area contributed by atoms with Crippen LogP contribution >= 0.6 is 0 Å². The lowest BCUT2D eigenvalue weighted by Gasteiger charge is -2.12. The van der Waals surface area contributed by atoms with Gasteiger partial charge in [-0.15, -0.1) is 6.58 Å². The fourth-order valence-electron chi connectivity index (χ4n) is 3.37. The second-order valence-electron chi connectivity index (χ2n) is 6.70. The van der Waals surface area contributed by atoms with Crippen molar-refractivity contribution in [2.24, 2.45) is 0 Å². The summed E-state index contributed by atoms with van der Waals surface area (Å²) in [5.74, 6) is 0.231. The van der Waals surface area contributed by atoms with Gasteiger partial charge in [0, 0.05) is 13.1 Å². The topological polar surface area (TPSA) is 71.0 Å². The molecule has 0 amide bonds. The Morgan fingerprint density at radius 3 is 2.60 bits per heavy atom. The Bertz CT molecular complexity index is 1350. The lowest BCUT2D eigenvalue weighted by molar-refractivity contribution is 0.414. The van der Waals surface area contributed by atoms with Crippen LogP contribution in [-0.2, 0) is 13.1 Å². The van der Waals surface area contributed by atoms with Crippen molar-refractivity contribution in [3.05, 3.63) is 99.7 Å². The molecule has 0 unspecified atom stereocenters. The number of rotatable bonds is 6. The molecule has 8 heteroatoms. The molecular formula is C22H19FN4O3. The zero-order valence-corrected chi connectivity index (χ0v) is 16.3. The molecule has 7 nitrogen and oxygen atoms in total. The van der Waals surface area contributed by atoms with Crippen molar-refractivity contribution in [3.8, 4) is 11.4 Å². The van der Waals surface area contributed by atoms with Crippen molar-refractivity contribution in [1.29, 1.82) is 0 Å². The normalized spacial score (nSPS) is 11.0. The van der Waals surface area contributed by atoms with Gasteiger partial charge in [-0.1, -0.05) is 24.3 Å². The summed E-state index contributed by atoms with van der Waals surface area (Å²) in [6, 6.07) is 13.0. The summed E-state index contributed by atoms with van der Waals surface area (Å²) in [6.45, 7) is 4.02. The molecule has 2 heterocycles. The molecule has 30 heavy (non-hydrogen) atoms. The van der Waals surface area contributed by atoms with E-state index in [1.807, 2.05) is 24.3 Å². The molecule has 0 bridgehead atoms. The van der Waals surface area contributed by atoms with Crippen molar-refractivity contribution in [2.45, 2.75) is 13.1 Å². The Morgan fingerprint density at radius 2 is 1.93 bits per heavy atom. The molecule has 0 radical (unpaired) electrons. The second-order valence-corrected chi connectivity index (χ2v) is 6.70. The minimum atomic E-state index is -0.604. The Labute approximate surface area is 170 Å². The van der Waals surface area contributed by atoms with E-state index < -0.39 is 17.1 Å². The summed E-state index contributed by atoms with van der Waals surface area (Å²) >= 11 is 0. The fraction of sp³-hybridized carbons (Fsp3) is 0.136. The molecular weight excluding hydrogens is 387 g/mol. The number of fused-ring (bicyclic) bond motifs is 1. The van der Waals surface area contributed by atoms with E-state index >= 15 is 0 Å². The van der Waals surface area contributed by atoms with E-state index in [4.69, 9.17) is 4.74 Å². The van der Waals surface area contributed by atoms with Crippen LogP contribution in [0, 0.1) is 5.82 Å². The van der Waals surface area contributed by atoms with E-state index in [1.54, 1.807) is 17.7 Å². The first-order valence-electron chi connectivity index (χ1n) is 9.24. The number of halogens is 1. The number of allylic oxidation sites excluding steroid dienone is 1. The number of hydrogen-bond acceptors (Lipinski definition) is 4. The minimum absolute atomic E-state index is 0.0244. The number of imidazole rings is 1. The average Bonchev–Trinajstić information content (AvgIpc) is 3.15. The Morgan fingerprint density at radius 1 is 1.17 bits per heavy atom. The molecule has 0 aliphatic carbocycles. The lowest BCUT2D eigenvalue weighted by Crippen LogP contribution is -2.39. The van der Waals surface area contributed by atoms with Gasteiger partial charge in [0.1, 0.15) is 11.6 Å². The molecule has 0 aliphatic rings. The average molecular weight is 406 g/mol. The summed E-state index contributed by atoms with van der Waals surface area (Å²) < 4.78 is 23.0. The number of ether oxygens (including phenoxy) is 1. The van der Waals surface area contributed by atoms with Gasteiger partial charge in [-0.05, 0) is 35.9 Å². The molecule has 2 aromatic carbocycles. The number of benzene rings is 2. The van der Waals surface area contributed by atoms with Crippen LogP contribution in [0.5, 0.6) is 5.75 Å². The maximum absolute atomic E-state index is 13.8. The quantitative estimate of drug-likeness (QED) is 0.462. The van der Waals surface area contributed by atoms with Crippen molar-refractivity contribution in [3.63, 3.8) is 0 Å². The van der Waals surface area contributed by atoms with Crippen molar-refractivity contribution in [2.75, 3.05) is 7.11 Å². The van der Waals surface area contributed by atoms with Crippen LogP contribution < -0.4 is 16.0 Å². The van der Waals surface area contributed by atoms with Crippen LogP contribution in [0.25, 0.3) is 16.9 Å². The predicted molar refractivity (Wildman–Crippen MR) is 112 cm³/mol. The molecule has 0 saturated carbocycles. The first kappa shape index (κ1) is 19.4. The molecule has 2 aromatic heterocycles. The van der Waals surface area contributed by atoms with Crippen molar-refractivity contribution >= 4 is 11.2 Å². The maximum Gasteiger partial charge on any atom is 0.337 e. The number of hydrogen-bond donors (Lipinski definition) is 0. The highest BCUT2D eigenvalue weighted by Crippen LogP contribution is 2.17. The Kier molecular flexibility index (Phi) is 5.05. The van der Waals surface area contributed by atoms with Gasteiger partial charge in [0.15, 0.2) is 11.2 Å². The fourth-order valence-corrected chi connectivity index (χ4v) is 3.37. The van der Waals surface area contributed by atoms with E-state index in [-0.39, 0.29) is 23.4 Å². The molecule has 0 fully saturated rings. The first-order valence-corrected chi connectivity index (χ1v) is 9.24. The molecule has 0 atom stereocenters. The monoisotopic (exact) mass is 406 g/mol. The van der Waals surface area contributed by atoms with Crippen LogP contribution in [0.3, 0.4) is 0 Å². The Balaban J connectivity index is 1.95. The van der Waals surface area contributed by atoms with Crippen LogP contribution in [0.2, 0.25) is 0 Å². The van der Waals surface area contributed by atoms with E-state index in [0.717, 1.165) is 15.9 Å². The third-order valence-electron chi connectivity index (χ3n) is 4.79. The second kappa shape index (κ2) is 7.82. The highest BCUT2D eigenvalue weighted by Gasteiger charge is 2.19. The molecule has 0 saturated heterocycles. The van der Waals surface area contributed by atoms with Crippen LogP contribution in [0.15, 0.2) is 77.1 Å². The molecule has 4 aromatic rings. The van der Waals surface area contributed by atoms with E-state index in [2.05, 4.69) is 11.6 Å². The number of methoxy groups -OCH3 is 1. The van der Waals surface area contributed by atoms with Crippen LogP contribution in [-0.4, -0.2) is 25.8 Å². The standard InChI is InChI=1S/C22H19FN4O3/c1-3-11-26-21(28)19-20(27(22(26)29)17-6-4-5-16(23)12-17)24-14-25(19)13-15-7-9-18(30-2)10-8-15/h3-10,12,14H,1,11,13H2,2H3. The van der Waals surface area contributed by atoms with E-state index in [1.165, 1.54) is 35.2 Å². The zero-order chi connectivity index (χ0) is 21.3. The summed E-state index contributed by atoms with van der Waals surface area (Å²) in [5.41, 5.74) is 0.549. The van der Waals surface area contributed by atoms with Gasteiger partial charge in [-0.2, -0.15) is 0 Å². The van der Waals surface area contributed by atoms with Gasteiger partial charge in [0.25, 0.3) is 5.56 Å². The summed E-state index contributed by atoms with van der Waals surface area (Å²) in [5, 5.41) is 0. The SMILES string of the molecule is C=CCn1c(=O)c2c(ncn2Cc2ccc(OC)cc2)n(-c2cccc(F)c2)c1=O. The molecule has 152 valence electrons. The summed E-state index contributed by atoms with van der Waals surface area (Å²) in [7, 11) is 1.59. The Hall–Kier alpha value is -3.94. The van der Waals surface area contributed by atoms with Gasteiger partial charge >= 0.3 is 5.69 Å². The highest BCUT2D eigenvalue weighted by atomic mass is 19.1. The third kappa shape index (κ3) is 3.32. The van der Waals surface area contributed by atoms with Gasteiger partial charge in [-0.25, -0.2) is 18.7 Å². The maximum atomic E-state index is 13.8. The number of nitrogens with zero attached hydrogens (tertiary/aromatic N) is 4. The van der Waals surface area contributed by atoms with E-state index in [0.29, 0.717) is 6.54 Å². The number of aromatic nitrogens is 4. The van der Waals surface area contributed by atoms with Gasteiger partial charge in [0.2, 0.25) is 0 Å². The smallest absolute Gasteiger partial charge is 0.337 e. The van der Waals surface area contributed by atoms with Gasteiger partial charge in [-0.3, -0.25) is 9.36 Å². The molecule has 0 spiro atoms. The largest absolute Gasteiger partial charge is 0.497 e. The van der Waals surface area contributed by atoms with Crippen LogP contribution in [0.1, 0.15) is 5.56 Å². The highest BCUT2D eigenvalue weighted by molar-refractivity contribution is 5.72. The first-order chi connectivity index (χ1) is 14.5. The third-order valence-corrected chi connectivity index (χ3v) is 4.79. The molecule has 0 aliphatic heterocycles.